The minimum atomic E-state index is -3.94. The molecule has 208 valence electrons. The number of pyridine rings is 1. The molecule has 8 nitrogen and oxygen atoms in total. The zero-order chi connectivity index (χ0) is 28.1. The number of nitrogens with one attached hydrogen (secondary N) is 1. The largest absolute Gasteiger partial charge is 0.396 e. The second-order valence-corrected chi connectivity index (χ2v) is 13.4. The monoisotopic (exact) mass is 555 g/mol. The summed E-state index contributed by atoms with van der Waals surface area (Å²) in [5, 5.41) is 13.1. The number of carbonyl (C=O) groups excluding carboxylic acids is 1. The molecule has 1 aromatic heterocycles. The predicted octanol–water partition coefficient (Wildman–Crippen LogP) is 3.81. The number of rotatable bonds is 8. The van der Waals surface area contributed by atoms with Gasteiger partial charge in [0, 0.05) is 60.2 Å². The third-order valence-electron chi connectivity index (χ3n) is 7.59. The topological polar surface area (TPSA) is 109 Å². The van der Waals surface area contributed by atoms with Crippen molar-refractivity contribution in [2.24, 2.45) is 5.41 Å². The van der Waals surface area contributed by atoms with E-state index >= 15 is 0 Å². The highest BCUT2D eigenvalue weighted by Gasteiger charge is 2.31. The van der Waals surface area contributed by atoms with Crippen LogP contribution in [-0.4, -0.2) is 54.0 Å². The lowest BCUT2D eigenvalue weighted by atomic mass is 9.94. The van der Waals surface area contributed by atoms with Crippen LogP contribution in [-0.2, 0) is 16.6 Å². The van der Waals surface area contributed by atoms with Gasteiger partial charge in [0.2, 0.25) is 10.0 Å². The Hall–Kier alpha value is -3.08. The minimum Gasteiger partial charge on any atom is -0.396 e. The number of nitrogens with zero attached hydrogens (tertiary/aromatic N) is 2. The van der Waals surface area contributed by atoms with E-state index in [1.165, 1.54) is 21.1 Å². The maximum Gasteiger partial charge on any atom is 0.258 e. The van der Waals surface area contributed by atoms with Crippen LogP contribution in [0.3, 0.4) is 0 Å². The molecule has 39 heavy (non-hydrogen) atoms. The molecule has 2 heterocycles. The number of sulfonamides is 1. The first-order valence-corrected chi connectivity index (χ1v) is 14.7. The van der Waals surface area contributed by atoms with Crippen LogP contribution in [0, 0.1) is 18.2 Å². The lowest BCUT2D eigenvalue weighted by Crippen LogP contribution is -2.33. The van der Waals surface area contributed by atoms with E-state index in [2.05, 4.69) is 5.32 Å². The number of aliphatic hydroxyl groups is 1. The molecular formula is C29H34FN3O5S. The number of aliphatic hydroxyl groups excluding tert-OH is 1. The molecule has 10 heteroatoms. The molecule has 1 aliphatic carbocycles. The molecule has 0 atom stereocenters. The Bertz CT molecular complexity index is 1620. The van der Waals surface area contributed by atoms with Gasteiger partial charge in [-0.15, -0.1) is 0 Å². The quantitative estimate of drug-likeness (QED) is 0.440. The van der Waals surface area contributed by atoms with E-state index in [0.29, 0.717) is 29.8 Å². The molecule has 1 amide bonds. The fraction of sp³-hybridized carbons (Fsp3) is 0.448. The zero-order valence-electron chi connectivity index (χ0n) is 22.5. The van der Waals surface area contributed by atoms with Crippen LogP contribution in [0.5, 0.6) is 0 Å². The van der Waals surface area contributed by atoms with Gasteiger partial charge in [0.15, 0.2) is 0 Å². The van der Waals surface area contributed by atoms with Gasteiger partial charge in [0.05, 0.1) is 0 Å². The van der Waals surface area contributed by atoms with Crippen LogP contribution in [0.4, 0.5) is 4.39 Å². The number of amides is 1. The van der Waals surface area contributed by atoms with E-state index in [4.69, 9.17) is 0 Å². The SMILES string of the molecule is Cc1c(F)cc(C(=O)NC2CC2)cc1-c1ccc2c(=O)n(CC(C)(C)CO)cc(S(=O)(=O)N3CCCC3)c2c1. The van der Waals surface area contributed by atoms with Gasteiger partial charge >= 0.3 is 0 Å². The highest BCUT2D eigenvalue weighted by Crippen LogP contribution is 2.33. The zero-order valence-corrected chi connectivity index (χ0v) is 23.3. The van der Waals surface area contributed by atoms with E-state index in [1.807, 2.05) is 0 Å². The molecule has 1 aliphatic heterocycles. The highest BCUT2D eigenvalue weighted by atomic mass is 32.2. The molecule has 2 N–H and O–H groups in total. The molecule has 0 unspecified atom stereocenters. The van der Waals surface area contributed by atoms with Gasteiger partial charge in [-0.05, 0) is 73.6 Å². The Labute approximate surface area is 227 Å². The fourth-order valence-electron chi connectivity index (χ4n) is 5.03. The van der Waals surface area contributed by atoms with E-state index in [0.717, 1.165) is 25.7 Å². The molecule has 2 aromatic carbocycles. The second kappa shape index (κ2) is 10.1. The molecule has 1 saturated heterocycles. The van der Waals surface area contributed by atoms with E-state index in [-0.39, 0.29) is 51.9 Å². The summed E-state index contributed by atoms with van der Waals surface area (Å²) in [5.74, 6) is -0.898. The van der Waals surface area contributed by atoms with Crippen molar-refractivity contribution in [2.45, 2.75) is 63.9 Å². The molecule has 0 radical (unpaired) electrons. The average Bonchev–Trinajstić information content (AvgIpc) is 3.52. The summed E-state index contributed by atoms with van der Waals surface area (Å²) >= 11 is 0. The summed E-state index contributed by atoms with van der Waals surface area (Å²) in [4.78, 5) is 26.2. The summed E-state index contributed by atoms with van der Waals surface area (Å²) in [6, 6.07) is 7.75. The number of fused-ring (bicyclic) bond motifs is 1. The van der Waals surface area contributed by atoms with Crippen LogP contribution >= 0.6 is 0 Å². The Morgan fingerprint density at radius 3 is 2.46 bits per heavy atom. The Morgan fingerprint density at radius 1 is 1.13 bits per heavy atom. The van der Waals surface area contributed by atoms with Crippen molar-refractivity contribution in [3.63, 3.8) is 0 Å². The van der Waals surface area contributed by atoms with Gasteiger partial charge in [-0.1, -0.05) is 19.9 Å². The van der Waals surface area contributed by atoms with Crippen molar-refractivity contribution in [3.8, 4) is 11.1 Å². The van der Waals surface area contributed by atoms with Crippen LogP contribution < -0.4 is 10.9 Å². The third-order valence-corrected chi connectivity index (χ3v) is 9.51. The average molecular weight is 556 g/mol. The van der Waals surface area contributed by atoms with Crippen molar-refractivity contribution >= 4 is 26.7 Å². The maximum absolute atomic E-state index is 15.0. The smallest absolute Gasteiger partial charge is 0.258 e. The summed E-state index contributed by atoms with van der Waals surface area (Å²) in [6.07, 6.45) is 4.69. The summed E-state index contributed by atoms with van der Waals surface area (Å²) in [7, 11) is -3.94. The molecule has 2 fully saturated rings. The van der Waals surface area contributed by atoms with Crippen LogP contribution in [0.2, 0.25) is 0 Å². The molecule has 3 aromatic rings. The number of hydrogen-bond acceptors (Lipinski definition) is 5. The first-order valence-electron chi connectivity index (χ1n) is 13.3. The normalized spacial score (nSPS) is 16.6. The molecular weight excluding hydrogens is 521 g/mol. The number of benzene rings is 2. The summed E-state index contributed by atoms with van der Waals surface area (Å²) in [6.45, 7) is 5.94. The van der Waals surface area contributed by atoms with Gasteiger partial charge in [0.1, 0.15) is 10.7 Å². The lowest BCUT2D eigenvalue weighted by molar-refractivity contribution is 0.0950. The van der Waals surface area contributed by atoms with Gasteiger partial charge in [-0.3, -0.25) is 9.59 Å². The first-order chi connectivity index (χ1) is 18.4. The molecule has 0 spiro atoms. The van der Waals surface area contributed by atoms with Crippen molar-refractivity contribution in [1.29, 1.82) is 0 Å². The predicted molar refractivity (Wildman–Crippen MR) is 148 cm³/mol. The van der Waals surface area contributed by atoms with Crippen molar-refractivity contribution in [3.05, 3.63) is 63.8 Å². The lowest BCUT2D eigenvalue weighted by Gasteiger charge is -2.24. The summed E-state index contributed by atoms with van der Waals surface area (Å²) < 4.78 is 45.4. The number of aromatic nitrogens is 1. The van der Waals surface area contributed by atoms with E-state index in [9.17, 15) is 27.5 Å². The van der Waals surface area contributed by atoms with Crippen molar-refractivity contribution in [1.82, 2.24) is 14.2 Å². The fourth-order valence-corrected chi connectivity index (χ4v) is 6.76. The number of carbonyl (C=O) groups is 1. The minimum absolute atomic E-state index is 0.00431. The van der Waals surface area contributed by atoms with Crippen LogP contribution in [0.1, 0.15) is 55.5 Å². The Kier molecular flexibility index (Phi) is 7.15. The van der Waals surface area contributed by atoms with E-state index in [1.54, 1.807) is 45.0 Å². The number of hydrogen-bond donors (Lipinski definition) is 2. The van der Waals surface area contributed by atoms with Crippen molar-refractivity contribution < 1.29 is 22.7 Å². The van der Waals surface area contributed by atoms with Crippen molar-refractivity contribution in [2.75, 3.05) is 19.7 Å². The van der Waals surface area contributed by atoms with Crippen LogP contribution in [0.15, 0.2) is 46.2 Å². The van der Waals surface area contributed by atoms with Gasteiger partial charge in [0.25, 0.3) is 11.5 Å². The molecule has 1 saturated carbocycles. The standard InChI is InChI=1S/C29H34FN3O5S/c1-18-23(13-20(14-25(18)30)27(35)31-21-7-8-21)19-6-9-22-24(12-19)26(39(37,38)33-10-4-5-11-33)15-32(28(22)36)16-29(2,3)17-34/h6,9,12-15,21,34H,4-5,7-8,10-11,16-17H2,1-3H3,(H,31,35). The Balaban J connectivity index is 1.70. The Morgan fingerprint density at radius 2 is 1.82 bits per heavy atom. The highest BCUT2D eigenvalue weighted by molar-refractivity contribution is 7.89. The number of halogens is 1. The molecule has 5 rings (SSSR count). The van der Waals surface area contributed by atoms with Gasteiger partial charge in [-0.25, -0.2) is 12.8 Å². The maximum atomic E-state index is 15.0. The first kappa shape index (κ1) is 27.5. The van der Waals surface area contributed by atoms with Crippen LogP contribution in [0.25, 0.3) is 21.9 Å². The molecule has 0 bridgehead atoms. The second-order valence-electron chi connectivity index (χ2n) is 11.5. The van der Waals surface area contributed by atoms with E-state index < -0.39 is 21.3 Å². The summed E-state index contributed by atoms with van der Waals surface area (Å²) in [5.41, 5.74) is 0.436. The van der Waals surface area contributed by atoms with Gasteiger partial charge < -0.3 is 15.0 Å². The third kappa shape index (κ3) is 5.37. The van der Waals surface area contributed by atoms with Gasteiger partial charge in [-0.2, -0.15) is 4.31 Å². The molecule has 2 aliphatic rings.